The number of carbonyl (C=O) groups excluding carboxylic acids is 1. The van der Waals surface area contributed by atoms with Crippen LogP contribution in [0.25, 0.3) is 11.1 Å². The first-order chi connectivity index (χ1) is 12.0. The first kappa shape index (κ1) is 16.6. The molecule has 5 nitrogen and oxygen atoms in total. The second kappa shape index (κ2) is 6.70. The van der Waals surface area contributed by atoms with Gasteiger partial charge >= 0.3 is 12.1 Å². The smallest absolute Gasteiger partial charge is 0.422 e. The zero-order valence-corrected chi connectivity index (χ0v) is 13.7. The lowest BCUT2D eigenvalue weighted by Crippen LogP contribution is -2.40. The van der Waals surface area contributed by atoms with Gasteiger partial charge in [0.15, 0.2) is 0 Å². The van der Waals surface area contributed by atoms with Crippen molar-refractivity contribution < 1.29 is 19.4 Å². The van der Waals surface area contributed by atoms with E-state index in [1.807, 2.05) is 48.5 Å². The van der Waals surface area contributed by atoms with Crippen LogP contribution in [0.2, 0.25) is 0 Å². The zero-order valence-electron chi connectivity index (χ0n) is 13.7. The molecule has 0 heterocycles. The maximum absolute atomic E-state index is 12.2. The first-order valence-corrected chi connectivity index (χ1v) is 7.88. The zero-order chi connectivity index (χ0) is 18.0. The standard InChI is InChI=1S/C20H17NO4/c1-3-21(13(2)19(22)23)20(24)25-12-18-16-10-6-4-8-14(16)15-9-5-7-11-17(15)18/h1,4-11,13,18H,12H2,2H3,(H,22,23)/t13-/m0/s1. The van der Waals surface area contributed by atoms with Crippen molar-refractivity contribution in [3.63, 3.8) is 0 Å². The Morgan fingerprint density at radius 3 is 2.16 bits per heavy atom. The van der Waals surface area contributed by atoms with E-state index in [0.29, 0.717) is 0 Å². The van der Waals surface area contributed by atoms with E-state index in [-0.39, 0.29) is 12.5 Å². The van der Waals surface area contributed by atoms with Crippen LogP contribution in [-0.4, -0.2) is 34.7 Å². The summed E-state index contributed by atoms with van der Waals surface area (Å²) in [6, 6.07) is 16.8. The van der Waals surface area contributed by atoms with Crippen LogP contribution in [0.3, 0.4) is 0 Å². The molecule has 0 spiro atoms. The Morgan fingerprint density at radius 2 is 1.68 bits per heavy atom. The summed E-state index contributed by atoms with van der Waals surface area (Å²) < 4.78 is 5.35. The van der Waals surface area contributed by atoms with Gasteiger partial charge < -0.3 is 9.84 Å². The second-order valence-electron chi connectivity index (χ2n) is 5.82. The Labute approximate surface area is 145 Å². The monoisotopic (exact) mass is 335 g/mol. The number of terminal acetylenes is 1. The molecular weight excluding hydrogens is 318 g/mol. The second-order valence-corrected chi connectivity index (χ2v) is 5.82. The molecule has 0 radical (unpaired) electrons. The molecular formula is C20H17NO4. The first-order valence-electron chi connectivity index (χ1n) is 7.88. The number of carboxylic acids is 1. The van der Waals surface area contributed by atoms with Crippen LogP contribution in [0, 0.1) is 12.5 Å². The minimum atomic E-state index is -1.19. The van der Waals surface area contributed by atoms with Gasteiger partial charge in [-0.1, -0.05) is 55.0 Å². The normalized spacial score (nSPS) is 13.3. The molecule has 1 aliphatic carbocycles. The van der Waals surface area contributed by atoms with Crippen LogP contribution in [0.15, 0.2) is 48.5 Å². The van der Waals surface area contributed by atoms with Gasteiger partial charge in [-0.25, -0.2) is 14.5 Å². The average molecular weight is 335 g/mol. The molecule has 2 aromatic carbocycles. The summed E-state index contributed by atoms with van der Waals surface area (Å²) in [5.41, 5.74) is 4.39. The molecule has 0 aliphatic heterocycles. The number of rotatable bonds is 4. The summed E-state index contributed by atoms with van der Waals surface area (Å²) >= 11 is 0. The van der Waals surface area contributed by atoms with E-state index in [0.717, 1.165) is 27.2 Å². The van der Waals surface area contributed by atoms with E-state index in [1.54, 1.807) is 0 Å². The Kier molecular flexibility index (Phi) is 4.44. The molecule has 0 unspecified atom stereocenters. The SMILES string of the molecule is C#CN(C(=O)OCC1c2ccccc2-c2ccccc21)[C@@H](C)C(=O)O. The minimum absolute atomic E-state index is 0.0946. The van der Waals surface area contributed by atoms with Gasteiger partial charge in [0.2, 0.25) is 0 Å². The summed E-state index contributed by atoms with van der Waals surface area (Å²) in [6.45, 7) is 1.43. The van der Waals surface area contributed by atoms with E-state index in [1.165, 1.54) is 6.92 Å². The molecule has 0 saturated carbocycles. The van der Waals surface area contributed by atoms with Crippen LogP contribution in [-0.2, 0) is 9.53 Å². The largest absolute Gasteiger partial charge is 0.480 e. The highest BCUT2D eigenvalue weighted by Gasteiger charge is 2.31. The van der Waals surface area contributed by atoms with Gasteiger partial charge in [0.25, 0.3) is 0 Å². The average Bonchev–Trinajstić information content (AvgIpc) is 2.94. The van der Waals surface area contributed by atoms with Gasteiger partial charge in [0.05, 0.1) is 0 Å². The number of aliphatic carboxylic acids is 1. The highest BCUT2D eigenvalue weighted by Crippen LogP contribution is 2.44. The predicted octanol–water partition coefficient (Wildman–Crippen LogP) is 3.30. The maximum Gasteiger partial charge on any atom is 0.422 e. The molecule has 5 heteroatoms. The number of hydrogen-bond acceptors (Lipinski definition) is 3. The number of benzene rings is 2. The van der Waals surface area contributed by atoms with E-state index < -0.39 is 18.1 Å². The Bertz CT molecular complexity index is 822. The van der Waals surface area contributed by atoms with Crippen molar-refractivity contribution in [1.82, 2.24) is 4.90 Å². The Balaban J connectivity index is 1.81. The molecule has 0 saturated heterocycles. The third-order valence-corrected chi connectivity index (χ3v) is 4.42. The van der Waals surface area contributed by atoms with Gasteiger partial charge in [0, 0.05) is 12.0 Å². The predicted molar refractivity (Wildman–Crippen MR) is 92.8 cm³/mol. The lowest BCUT2D eigenvalue weighted by Gasteiger charge is -2.21. The molecule has 3 rings (SSSR count). The fourth-order valence-electron chi connectivity index (χ4n) is 3.10. The molecule has 0 aromatic heterocycles. The van der Waals surface area contributed by atoms with E-state index >= 15 is 0 Å². The Morgan fingerprint density at radius 1 is 1.16 bits per heavy atom. The molecule has 1 aliphatic rings. The molecule has 1 N–H and O–H groups in total. The molecule has 0 bridgehead atoms. The van der Waals surface area contributed by atoms with Gasteiger partial charge in [-0.3, -0.25) is 0 Å². The number of ether oxygens (including phenoxy) is 1. The molecule has 25 heavy (non-hydrogen) atoms. The van der Waals surface area contributed by atoms with Crippen molar-refractivity contribution in [2.45, 2.75) is 18.9 Å². The molecule has 1 atom stereocenters. The third kappa shape index (κ3) is 2.94. The molecule has 0 fully saturated rings. The van der Waals surface area contributed by atoms with Crippen molar-refractivity contribution in [3.8, 4) is 23.6 Å². The summed E-state index contributed by atoms with van der Waals surface area (Å²) in [4.78, 5) is 24.0. The van der Waals surface area contributed by atoms with Crippen LogP contribution in [0.1, 0.15) is 24.0 Å². The highest BCUT2D eigenvalue weighted by atomic mass is 16.6. The number of nitrogens with zero attached hydrogens (tertiary/aromatic N) is 1. The summed E-state index contributed by atoms with van der Waals surface area (Å²) in [7, 11) is 0. The molecule has 126 valence electrons. The molecule has 2 aromatic rings. The van der Waals surface area contributed by atoms with Crippen molar-refractivity contribution >= 4 is 12.1 Å². The number of hydrogen-bond donors (Lipinski definition) is 1. The van der Waals surface area contributed by atoms with E-state index in [2.05, 4.69) is 6.04 Å². The number of carboxylic acid groups (broad SMARTS) is 1. The van der Waals surface area contributed by atoms with Gasteiger partial charge in [0.1, 0.15) is 12.6 Å². The minimum Gasteiger partial charge on any atom is -0.480 e. The molecule has 1 amide bonds. The van der Waals surface area contributed by atoms with Crippen molar-refractivity contribution in [3.05, 3.63) is 59.7 Å². The Hall–Kier alpha value is -3.26. The van der Waals surface area contributed by atoms with Gasteiger partial charge in [-0.05, 0) is 29.2 Å². The summed E-state index contributed by atoms with van der Waals surface area (Å²) in [5, 5.41) is 9.03. The van der Waals surface area contributed by atoms with Crippen molar-refractivity contribution in [2.24, 2.45) is 0 Å². The summed E-state index contributed by atoms with van der Waals surface area (Å²) in [5.74, 6) is -1.29. The highest BCUT2D eigenvalue weighted by molar-refractivity contribution is 5.81. The van der Waals surface area contributed by atoms with Crippen LogP contribution in [0.4, 0.5) is 4.79 Å². The van der Waals surface area contributed by atoms with Crippen LogP contribution < -0.4 is 0 Å². The number of fused-ring (bicyclic) bond motifs is 3. The van der Waals surface area contributed by atoms with Crippen molar-refractivity contribution in [1.29, 1.82) is 0 Å². The lowest BCUT2D eigenvalue weighted by molar-refractivity contribution is -0.141. The van der Waals surface area contributed by atoms with Gasteiger partial charge in [-0.15, -0.1) is 0 Å². The fourth-order valence-corrected chi connectivity index (χ4v) is 3.10. The quantitative estimate of drug-likeness (QED) is 0.688. The van der Waals surface area contributed by atoms with Crippen molar-refractivity contribution in [2.75, 3.05) is 6.61 Å². The van der Waals surface area contributed by atoms with E-state index in [9.17, 15) is 9.59 Å². The number of carbonyl (C=O) groups is 2. The maximum atomic E-state index is 12.2. The fraction of sp³-hybridized carbons (Fsp3) is 0.200. The van der Waals surface area contributed by atoms with E-state index in [4.69, 9.17) is 16.3 Å². The van der Waals surface area contributed by atoms with Crippen LogP contribution >= 0.6 is 0 Å². The third-order valence-electron chi connectivity index (χ3n) is 4.42. The number of amides is 1. The van der Waals surface area contributed by atoms with Gasteiger partial charge in [-0.2, -0.15) is 0 Å². The summed E-state index contributed by atoms with van der Waals surface area (Å²) in [6.07, 6.45) is 4.43. The topological polar surface area (TPSA) is 66.8 Å². The van der Waals surface area contributed by atoms with Crippen LogP contribution in [0.5, 0.6) is 0 Å². The lowest BCUT2D eigenvalue weighted by atomic mass is 9.98.